The van der Waals surface area contributed by atoms with Crippen molar-refractivity contribution in [2.75, 3.05) is 33.9 Å². The number of nitrogens with zero attached hydrogens (tertiary/aromatic N) is 2. The van der Waals surface area contributed by atoms with E-state index in [2.05, 4.69) is 34.3 Å². The van der Waals surface area contributed by atoms with Crippen LogP contribution in [0.5, 0.6) is 0 Å². The number of aliphatic imine (C=N–C) groups is 1. The number of benzene rings is 1. The van der Waals surface area contributed by atoms with Gasteiger partial charge in [0, 0.05) is 33.3 Å². The highest BCUT2D eigenvalue weighted by Gasteiger charge is 2.26. The molecule has 0 aromatic heterocycles. The molecule has 0 atom stereocenters. The number of ether oxygens (including phenoxy) is 2. The average Bonchev–Trinajstić information content (AvgIpc) is 2.69. The molecule has 1 aromatic rings. The lowest BCUT2D eigenvalue weighted by Crippen LogP contribution is -2.46. The fraction of sp³-hybridized carbons (Fsp3) is 0.600. The summed E-state index contributed by atoms with van der Waals surface area (Å²) in [6, 6.07) is 8.32. The first-order chi connectivity index (χ1) is 12.7. The van der Waals surface area contributed by atoms with E-state index in [9.17, 15) is 4.79 Å². The minimum atomic E-state index is -0.103. The lowest BCUT2D eigenvalue weighted by atomic mass is 9.97. The van der Waals surface area contributed by atoms with Gasteiger partial charge < -0.3 is 19.7 Å². The van der Waals surface area contributed by atoms with Gasteiger partial charge in [0.2, 0.25) is 0 Å². The molecule has 0 saturated carbocycles. The fourth-order valence-electron chi connectivity index (χ4n) is 3.20. The molecule has 1 heterocycles. The molecule has 1 fully saturated rings. The summed E-state index contributed by atoms with van der Waals surface area (Å²) >= 11 is 0. The van der Waals surface area contributed by atoms with Crippen molar-refractivity contribution in [3.8, 4) is 0 Å². The lowest BCUT2D eigenvalue weighted by Gasteiger charge is -2.33. The van der Waals surface area contributed by atoms with Gasteiger partial charge in [-0.3, -0.25) is 9.79 Å². The molecule has 1 aliphatic heterocycles. The van der Waals surface area contributed by atoms with Crippen molar-refractivity contribution in [1.29, 1.82) is 0 Å². The minimum Gasteiger partial charge on any atom is -0.469 e. The second-order valence-electron chi connectivity index (χ2n) is 6.51. The van der Waals surface area contributed by atoms with E-state index in [0.717, 1.165) is 44.9 Å². The summed E-state index contributed by atoms with van der Waals surface area (Å²) in [4.78, 5) is 18.3. The van der Waals surface area contributed by atoms with Crippen LogP contribution in [0.1, 0.15) is 37.3 Å². The number of likely N-dealkylation sites (tertiary alicyclic amines) is 1. The van der Waals surface area contributed by atoms with Gasteiger partial charge in [-0.15, -0.1) is 24.0 Å². The zero-order valence-electron chi connectivity index (χ0n) is 16.6. The Labute approximate surface area is 179 Å². The summed E-state index contributed by atoms with van der Waals surface area (Å²) in [5.74, 6) is 0.775. The van der Waals surface area contributed by atoms with Gasteiger partial charge >= 0.3 is 5.97 Å². The Bertz CT molecular complexity index is 602. The number of esters is 1. The number of carbonyl (C=O) groups excluding carboxylic acids is 1. The van der Waals surface area contributed by atoms with E-state index in [1.165, 1.54) is 18.2 Å². The average molecular weight is 489 g/mol. The van der Waals surface area contributed by atoms with Gasteiger partial charge in [-0.1, -0.05) is 31.2 Å². The van der Waals surface area contributed by atoms with Crippen molar-refractivity contribution in [3.05, 3.63) is 35.4 Å². The predicted octanol–water partition coefficient (Wildman–Crippen LogP) is 3.19. The van der Waals surface area contributed by atoms with Gasteiger partial charge in [-0.05, 0) is 30.4 Å². The van der Waals surface area contributed by atoms with Crippen LogP contribution in [0, 0.1) is 5.92 Å². The van der Waals surface area contributed by atoms with Crippen LogP contribution in [0.4, 0.5) is 0 Å². The third-order valence-electron chi connectivity index (χ3n) is 4.70. The molecule has 0 spiro atoms. The quantitative estimate of drug-likeness (QED) is 0.210. The zero-order valence-corrected chi connectivity index (χ0v) is 18.9. The van der Waals surface area contributed by atoms with Crippen LogP contribution in [-0.2, 0) is 27.4 Å². The maximum Gasteiger partial charge on any atom is 0.308 e. The molecule has 0 amide bonds. The molecule has 6 nitrogen and oxygen atoms in total. The molecule has 0 aliphatic carbocycles. The monoisotopic (exact) mass is 489 g/mol. The number of hydrogen-bond donors (Lipinski definition) is 1. The van der Waals surface area contributed by atoms with Crippen molar-refractivity contribution in [2.45, 2.75) is 39.3 Å². The zero-order chi connectivity index (χ0) is 18.8. The summed E-state index contributed by atoms with van der Waals surface area (Å²) in [7, 11) is 3.25. The largest absolute Gasteiger partial charge is 0.469 e. The van der Waals surface area contributed by atoms with E-state index in [4.69, 9.17) is 9.47 Å². The highest BCUT2D eigenvalue weighted by atomic mass is 127. The molecule has 1 aromatic carbocycles. The Kier molecular flexibility index (Phi) is 11.3. The molecule has 2 rings (SSSR count). The molecule has 152 valence electrons. The standard InChI is InChI=1S/C20H31N3O3.HI/c1-4-13-26-15-18-8-6-5-7-17(18)14-22-20(21-2)23-11-9-16(10-12-23)19(24)25-3;/h5-8,16H,4,9-15H2,1-3H3,(H,21,22);1H. The first-order valence-electron chi connectivity index (χ1n) is 9.37. The van der Waals surface area contributed by atoms with Crippen molar-refractivity contribution >= 4 is 35.9 Å². The number of guanidine groups is 1. The van der Waals surface area contributed by atoms with Gasteiger partial charge in [0.15, 0.2) is 5.96 Å². The van der Waals surface area contributed by atoms with Crippen LogP contribution in [0.25, 0.3) is 0 Å². The molecule has 0 radical (unpaired) electrons. The van der Waals surface area contributed by atoms with E-state index in [1.807, 2.05) is 12.1 Å². The van der Waals surface area contributed by atoms with Crippen LogP contribution in [-0.4, -0.2) is 50.7 Å². The number of nitrogens with one attached hydrogen (secondary N) is 1. The van der Waals surface area contributed by atoms with E-state index in [0.29, 0.717) is 13.2 Å². The molecule has 1 saturated heterocycles. The van der Waals surface area contributed by atoms with Crippen LogP contribution in [0.15, 0.2) is 29.3 Å². The van der Waals surface area contributed by atoms with E-state index in [1.54, 1.807) is 7.05 Å². The third kappa shape index (κ3) is 7.29. The van der Waals surface area contributed by atoms with Crippen LogP contribution in [0.3, 0.4) is 0 Å². The summed E-state index contributed by atoms with van der Waals surface area (Å²) in [5.41, 5.74) is 2.42. The Balaban J connectivity index is 0.00000364. The topological polar surface area (TPSA) is 63.2 Å². The second-order valence-corrected chi connectivity index (χ2v) is 6.51. The van der Waals surface area contributed by atoms with Crippen molar-refractivity contribution in [1.82, 2.24) is 10.2 Å². The summed E-state index contributed by atoms with van der Waals surface area (Å²) in [5, 5.41) is 3.45. The number of hydrogen-bond acceptors (Lipinski definition) is 4. The molecule has 0 unspecified atom stereocenters. The molecule has 1 aliphatic rings. The number of piperidine rings is 1. The van der Waals surface area contributed by atoms with E-state index < -0.39 is 0 Å². The minimum absolute atomic E-state index is 0. The lowest BCUT2D eigenvalue weighted by molar-refractivity contribution is -0.146. The van der Waals surface area contributed by atoms with E-state index in [-0.39, 0.29) is 35.9 Å². The van der Waals surface area contributed by atoms with Crippen molar-refractivity contribution < 1.29 is 14.3 Å². The molecular formula is C20H32IN3O3. The van der Waals surface area contributed by atoms with Gasteiger partial charge in [-0.2, -0.15) is 0 Å². The fourth-order valence-corrected chi connectivity index (χ4v) is 3.20. The smallest absolute Gasteiger partial charge is 0.308 e. The summed E-state index contributed by atoms with van der Waals surface area (Å²) in [6.45, 7) is 5.84. The first-order valence-corrected chi connectivity index (χ1v) is 9.37. The molecule has 27 heavy (non-hydrogen) atoms. The van der Waals surface area contributed by atoms with E-state index >= 15 is 0 Å². The van der Waals surface area contributed by atoms with Gasteiger partial charge in [0.05, 0.1) is 19.6 Å². The summed E-state index contributed by atoms with van der Waals surface area (Å²) < 4.78 is 10.5. The first kappa shape index (κ1) is 23.7. The van der Waals surface area contributed by atoms with Crippen molar-refractivity contribution in [2.24, 2.45) is 10.9 Å². The maximum absolute atomic E-state index is 11.7. The molecule has 1 N–H and O–H groups in total. The normalized spacial score (nSPS) is 15.2. The highest BCUT2D eigenvalue weighted by Crippen LogP contribution is 2.18. The van der Waals surface area contributed by atoms with Crippen LogP contribution >= 0.6 is 24.0 Å². The number of rotatable bonds is 7. The van der Waals surface area contributed by atoms with Crippen molar-refractivity contribution in [3.63, 3.8) is 0 Å². The SMILES string of the molecule is CCCOCc1ccccc1CNC(=NC)N1CCC(C(=O)OC)CC1.I. The molecular weight excluding hydrogens is 457 g/mol. The number of methoxy groups -OCH3 is 1. The third-order valence-corrected chi connectivity index (χ3v) is 4.70. The van der Waals surface area contributed by atoms with Crippen LogP contribution in [0.2, 0.25) is 0 Å². The maximum atomic E-state index is 11.7. The molecule has 0 bridgehead atoms. The highest BCUT2D eigenvalue weighted by molar-refractivity contribution is 14.0. The Morgan fingerprint density at radius 3 is 2.52 bits per heavy atom. The Hall–Kier alpha value is -1.35. The second kappa shape index (κ2) is 12.9. The Morgan fingerprint density at radius 1 is 1.26 bits per heavy atom. The van der Waals surface area contributed by atoms with Gasteiger partial charge in [0.1, 0.15) is 0 Å². The molecule has 7 heteroatoms. The number of halogens is 1. The Morgan fingerprint density at radius 2 is 1.93 bits per heavy atom. The predicted molar refractivity (Wildman–Crippen MR) is 118 cm³/mol. The van der Waals surface area contributed by atoms with Gasteiger partial charge in [-0.25, -0.2) is 0 Å². The van der Waals surface area contributed by atoms with Crippen LogP contribution < -0.4 is 5.32 Å². The summed E-state index contributed by atoms with van der Waals surface area (Å²) in [6.07, 6.45) is 2.62. The van der Waals surface area contributed by atoms with Gasteiger partial charge in [0.25, 0.3) is 0 Å². The number of carbonyl (C=O) groups is 1.